The van der Waals surface area contributed by atoms with Gasteiger partial charge in [-0.1, -0.05) is 42.0 Å². The Hall–Kier alpha value is -3.35. The third-order valence-electron chi connectivity index (χ3n) is 5.82. The standard InChI is InChI=1S/C23H25N3O4/c1-16-8-10-17(11-9-16)14-26-21(28)23(24-22(26)29)12-5-13-25(15-23)20(27)18-6-3-4-7-19(18)30-2/h3-4,6-11H,5,12-15H2,1-2H3,(H,24,29)/t23-/m1/s1. The molecule has 2 aliphatic heterocycles. The largest absolute Gasteiger partial charge is 0.496 e. The van der Waals surface area contributed by atoms with Gasteiger partial charge in [-0.25, -0.2) is 4.79 Å². The van der Waals surface area contributed by atoms with Gasteiger partial charge in [0, 0.05) is 6.54 Å². The number of imide groups is 1. The van der Waals surface area contributed by atoms with E-state index >= 15 is 0 Å². The molecule has 0 saturated carbocycles. The lowest BCUT2D eigenvalue weighted by Gasteiger charge is -2.38. The zero-order chi connectivity index (χ0) is 21.3. The zero-order valence-corrected chi connectivity index (χ0v) is 17.2. The van der Waals surface area contributed by atoms with Crippen LogP contribution in [0.5, 0.6) is 5.75 Å². The van der Waals surface area contributed by atoms with Crippen LogP contribution in [0.25, 0.3) is 0 Å². The number of benzene rings is 2. The Labute approximate surface area is 175 Å². The average molecular weight is 407 g/mol. The summed E-state index contributed by atoms with van der Waals surface area (Å²) in [6.07, 6.45) is 1.14. The van der Waals surface area contributed by atoms with E-state index in [0.717, 1.165) is 11.1 Å². The molecular weight excluding hydrogens is 382 g/mol. The number of urea groups is 1. The van der Waals surface area contributed by atoms with Crippen molar-refractivity contribution in [2.24, 2.45) is 0 Å². The van der Waals surface area contributed by atoms with E-state index in [2.05, 4.69) is 5.32 Å². The molecule has 2 heterocycles. The normalized spacial score (nSPS) is 21.1. The molecule has 30 heavy (non-hydrogen) atoms. The monoisotopic (exact) mass is 407 g/mol. The molecule has 4 amide bonds. The minimum atomic E-state index is -1.07. The smallest absolute Gasteiger partial charge is 0.325 e. The molecular formula is C23H25N3O4. The maximum atomic E-state index is 13.3. The number of hydrogen-bond acceptors (Lipinski definition) is 4. The highest BCUT2D eigenvalue weighted by atomic mass is 16.5. The van der Waals surface area contributed by atoms with Crippen LogP contribution < -0.4 is 10.1 Å². The lowest BCUT2D eigenvalue weighted by molar-refractivity contribution is -0.133. The van der Waals surface area contributed by atoms with Gasteiger partial charge in [-0.15, -0.1) is 0 Å². The molecule has 0 unspecified atom stereocenters. The fourth-order valence-electron chi connectivity index (χ4n) is 4.19. The summed E-state index contributed by atoms with van der Waals surface area (Å²) in [7, 11) is 1.52. The van der Waals surface area contributed by atoms with Gasteiger partial charge in [0.05, 0.1) is 25.8 Å². The Balaban J connectivity index is 1.54. The van der Waals surface area contributed by atoms with Crippen LogP contribution >= 0.6 is 0 Å². The van der Waals surface area contributed by atoms with Crippen molar-refractivity contribution in [3.05, 3.63) is 65.2 Å². The van der Waals surface area contributed by atoms with E-state index in [1.54, 1.807) is 29.2 Å². The van der Waals surface area contributed by atoms with Gasteiger partial charge in [0.15, 0.2) is 0 Å². The number of methoxy groups -OCH3 is 1. The summed E-state index contributed by atoms with van der Waals surface area (Å²) >= 11 is 0. The SMILES string of the molecule is COc1ccccc1C(=O)N1CCC[C@]2(C1)NC(=O)N(Cc1ccc(C)cc1)C2=O. The van der Waals surface area contributed by atoms with Gasteiger partial charge in [-0.05, 0) is 37.5 Å². The van der Waals surface area contributed by atoms with E-state index < -0.39 is 11.6 Å². The van der Waals surface area contributed by atoms with E-state index in [1.807, 2.05) is 31.2 Å². The van der Waals surface area contributed by atoms with Crippen LogP contribution in [-0.2, 0) is 11.3 Å². The number of likely N-dealkylation sites (tertiary alicyclic amines) is 1. The predicted molar refractivity (Wildman–Crippen MR) is 111 cm³/mol. The van der Waals surface area contributed by atoms with E-state index in [-0.39, 0.29) is 24.9 Å². The van der Waals surface area contributed by atoms with Crippen molar-refractivity contribution in [3.8, 4) is 5.75 Å². The highest BCUT2D eigenvalue weighted by molar-refractivity contribution is 6.08. The summed E-state index contributed by atoms with van der Waals surface area (Å²) in [6, 6.07) is 14.4. The van der Waals surface area contributed by atoms with Crippen molar-refractivity contribution < 1.29 is 19.1 Å². The van der Waals surface area contributed by atoms with E-state index in [0.29, 0.717) is 30.7 Å². The molecule has 2 aliphatic rings. The third-order valence-corrected chi connectivity index (χ3v) is 5.82. The number of amides is 4. The number of nitrogens with one attached hydrogen (secondary N) is 1. The molecule has 1 spiro atoms. The van der Waals surface area contributed by atoms with Gasteiger partial charge in [-0.2, -0.15) is 0 Å². The highest BCUT2D eigenvalue weighted by Crippen LogP contribution is 2.31. The Morgan fingerprint density at radius 1 is 1.13 bits per heavy atom. The van der Waals surface area contributed by atoms with E-state index in [9.17, 15) is 14.4 Å². The quantitative estimate of drug-likeness (QED) is 0.791. The summed E-state index contributed by atoms with van der Waals surface area (Å²) in [6.45, 7) is 2.88. The lowest BCUT2D eigenvalue weighted by Crippen LogP contribution is -2.59. The highest BCUT2D eigenvalue weighted by Gasteiger charge is 2.53. The molecule has 1 atom stereocenters. The fraction of sp³-hybridized carbons (Fsp3) is 0.348. The number of piperidine rings is 1. The number of ether oxygens (including phenoxy) is 1. The lowest BCUT2D eigenvalue weighted by atomic mass is 9.88. The van der Waals surface area contributed by atoms with Crippen molar-refractivity contribution in [1.29, 1.82) is 0 Å². The van der Waals surface area contributed by atoms with Gasteiger partial charge in [0.25, 0.3) is 11.8 Å². The number of rotatable bonds is 4. The molecule has 2 aromatic rings. The molecule has 0 bridgehead atoms. The summed E-state index contributed by atoms with van der Waals surface area (Å²) < 4.78 is 5.31. The van der Waals surface area contributed by atoms with Crippen LogP contribution in [0.4, 0.5) is 4.79 Å². The maximum absolute atomic E-state index is 13.3. The minimum Gasteiger partial charge on any atom is -0.496 e. The van der Waals surface area contributed by atoms with Crippen molar-refractivity contribution in [2.75, 3.05) is 20.2 Å². The van der Waals surface area contributed by atoms with Crippen molar-refractivity contribution in [2.45, 2.75) is 31.8 Å². The minimum absolute atomic E-state index is 0.152. The first kappa shape index (κ1) is 19.9. The summed E-state index contributed by atoms with van der Waals surface area (Å²) in [5, 5.41) is 2.88. The topological polar surface area (TPSA) is 79.0 Å². The summed E-state index contributed by atoms with van der Waals surface area (Å²) in [4.78, 5) is 41.9. The van der Waals surface area contributed by atoms with Gasteiger partial charge in [0.2, 0.25) is 0 Å². The molecule has 7 nitrogen and oxygen atoms in total. The molecule has 0 aromatic heterocycles. The number of aryl methyl sites for hydroxylation is 1. The van der Waals surface area contributed by atoms with E-state index in [1.165, 1.54) is 12.0 Å². The Morgan fingerprint density at radius 3 is 2.60 bits per heavy atom. The molecule has 1 N–H and O–H groups in total. The van der Waals surface area contributed by atoms with Gasteiger partial charge in [0.1, 0.15) is 11.3 Å². The number of carbonyl (C=O) groups is 3. The first-order valence-electron chi connectivity index (χ1n) is 10.1. The first-order valence-corrected chi connectivity index (χ1v) is 10.1. The summed E-state index contributed by atoms with van der Waals surface area (Å²) in [5.74, 6) is 0.0149. The molecule has 0 aliphatic carbocycles. The van der Waals surface area contributed by atoms with Gasteiger partial charge < -0.3 is 15.0 Å². The van der Waals surface area contributed by atoms with Crippen molar-refractivity contribution in [1.82, 2.24) is 15.1 Å². The Morgan fingerprint density at radius 2 is 1.87 bits per heavy atom. The second kappa shape index (κ2) is 7.82. The number of nitrogens with zero attached hydrogens (tertiary/aromatic N) is 2. The van der Waals surface area contributed by atoms with Crippen LogP contribution in [-0.4, -0.2) is 53.4 Å². The Kier molecular flexibility index (Phi) is 5.20. The number of carbonyl (C=O) groups excluding carboxylic acids is 3. The fourth-order valence-corrected chi connectivity index (χ4v) is 4.19. The molecule has 4 rings (SSSR count). The first-order chi connectivity index (χ1) is 14.4. The van der Waals surface area contributed by atoms with Crippen LogP contribution in [0.2, 0.25) is 0 Å². The second-order valence-electron chi connectivity index (χ2n) is 7.92. The van der Waals surface area contributed by atoms with Crippen LogP contribution in [0.3, 0.4) is 0 Å². The van der Waals surface area contributed by atoms with Crippen molar-refractivity contribution >= 4 is 17.8 Å². The summed E-state index contributed by atoms with van der Waals surface area (Å²) in [5.41, 5.74) is 1.38. The third kappa shape index (κ3) is 3.51. The molecule has 7 heteroatoms. The molecule has 2 aromatic carbocycles. The van der Waals surface area contributed by atoms with Crippen LogP contribution in [0.1, 0.15) is 34.3 Å². The Bertz CT molecular complexity index is 988. The molecule has 0 radical (unpaired) electrons. The maximum Gasteiger partial charge on any atom is 0.325 e. The molecule has 2 saturated heterocycles. The molecule has 156 valence electrons. The van der Waals surface area contributed by atoms with Crippen LogP contribution in [0, 0.1) is 6.92 Å². The van der Waals surface area contributed by atoms with Gasteiger partial charge >= 0.3 is 6.03 Å². The van der Waals surface area contributed by atoms with E-state index in [4.69, 9.17) is 4.74 Å². The van der Waals surface area contributed by atoms with Crippen LogP contribution in [0.15, 0.2) is 48.5 Å². The number of hydrogen-bond donors (Lipinski definition) is 1. The predicted octanol–water partition coefficient (Wildman–Crippen LogP) is 2.73. The van der Waals surface area contributed by atoms with Gasteiger partial charge in [-0.3, -0.25) is 14.5 Å². The number of para-hydroxylation sites is 1. The van der Waals surface area contributed by atoms with Crippen molar-refractivity contribution in [3.63, 3.8) is 0 Å². The second-order valence-corrected chi connectivity index (χ2v) is 7.92. The molecule has 2 fully saturated rings. The zero-order valence-electron chi connectivity index (χ0n) is 17.2. The average Bonchev–Trinajstić information content (AvgIpc) is 2.98.